The van der Waals surface area contributed by atoms with Crippen LogP contribution in [0.5, 0.6) is 0 Å². The largest absolute Gasteiger partial charge is 0.304 e. The Labute approximate surface area is 183 Å². The molecule has 0 aliphatic heterocycles. The zero-order chi connectivity index (χ0) is 23.4. The summed E-state index contributed by atoms with van der Waals surface area (Å²) in [6, 6.07) is 25.4. The quantitative estimate of drug-likeness (QED) is 0.407. The predicted molar refractivity (Wildman–Crippen MR) is 130 cm³/mol. The number of hydrogen-bond donors (Lipinski definition) is 0. The first-order valence-corrected chi connectivity index (χ1v) is 11.9. The summed E-state index contributed by atoms with van der Waals surface area (Å²) >= 11 is 0. The lowest BCUT2D eigenvalue weighted by Crippen LogP contribution is -2.01. The third-order valence-electron chi connectivity index (χ3n) is 3.33. The van der Waals surface area contributed by atoms with Crippen molar-refractivity contribution in [1.82, 2.24) is 0 Å². The van der Waals surface area contributed by atoms with Gasteiger partial charge in [-0.25, -0.2) is 8.42 Å². The molecule has 0 saturated carbocycles. The van der Waals surface area contributed by atoms with E-state index in [1.165, 1.54) is 6.92 Å². The van der Waals surface area contributed by atoms with E-state index in [0.29, 0.717) is 9.79 Å². The SMILES string of the molecule is CC.CC.CC.CC=O.O=S(=O)(c1ccccc1)c1ccc(-c2ccccc2)cc1. The van der Waals surface area contributed by atoms with Crippen molar-refractivity contribution in [3.8, 4) is 11.1 Å². The fourth-order valence-corrected chi connectivity index (χ4v) is 3.47. The lowest BCUT2D eigenvalue weighted by molar-refractivity contribution is -0.106. The molecule has 164 valence electrons. The molecule has 0 fully saturated rings. The molecule has 3 nitrogen and oxygen atoms in total. The van der Waals surface area contributed by atoms with E-state index in [0.717, 1.165) is 17.4 Å². The van der Waals surface area contributed by atoms with Gasteiger partial charge in [0.2, 0.25) is 9.84 Å². The normalized spacial score (nSPS) is 8.90. The molecule has 0 bridgehead atoms. The summed E-state index contributed by atoms with van der Waals surface area (Å²) in [4.78, 5) is 9.44. The lowest BCUT2D eigenvalue weighted by atomic mass is 10.1. The number of rotatable bonds is 3. The van der Waals surface area contributed by atoms with Crippen LogP contribution in [0.15, 0.2) is 94.7 Å². The molecular formula is C26H36O3S. The van der Waals surface area contributed by atoms with Crippen LogP contribution in [0.25, 0.3) is 11.1 Å². The van der Waals surface area contributed by atoms with Gasteiger partial charge in [0.05, 0.1) is 9.79 Å². The lowest BCUT2D eigenvalue weighted by Gasteiger charge is -2.06. The maximum atomic E-state index is 12.5. The Morgan fingerprint density at radius 3 is 1.23 bits per heavy atom. The molecule has 0 saturated heterocycles. The Balaban J connectivity index is 0. The van der Waals surface area contributed by atoms with Crippen LogP contribution < -0.4 is 0 Å². The number of hydrogen-bond acceptors (Lipinski definition) is 3. The van der Waals surface area contributed by atoms with Gasteiger partial charge in [-0.2, -0.15) is 0 Å². The summed E-state index contributed by atoms with van der Waals surface area (Å²) in [5.41, 5.74) is 2.07. The van der Waals surface area contributed by atoms with E-state index in [2.05, 4.69) is 0 Å². The van der Waals surface area contributed by atoms with Crippen LogP contribution in [0.4, 0.5) is 0 Å². The van der Waals surface area contributed by atoms with Crippen molar-refractivity contribution in [2.45, 2.75) is 58.3 Å². The van der Waals surface area contributed by atoms with Crippen LogP contribution in [0.3, 0.4) is 0 Å². The van der Waals surface area contributed by atoms with Gasteiger partial charge < -0.3 is 4.79 Å². The number of aldehydes is 1. The van der Waals surface area contributed by atoms with Gasteiger partial charge in [0, 0.05) is 0 Å². The van der Waals surface area contributed by atoms with Crippen molar-refractivity contribution >= 4 is 16.1 Å². The van der Waals surface area contributed by atoms with E-state index in [4.69, 9.17) is 4.79 Å². The molecule has 30 heavy (non-hydrogen) atoms. The first kappa shape index (κ1) is 29.5. The fraction of sp³-hybridized carbons (Fsp3) is 0.269. The second-order valence-electron chi connectivity index (χ2n) is 4.94. The van der Waals surface area contributed by atoms with E-state index in [1.807, 2.05) is 84.0 Å². The zero-order valence-electron chi connectivity index (χ0n) is 19.3. The second kappa shape index (κ2) is 18.3. The van der Waals surface area contributed by atoms with Gasteiger partial charge in [-0.05, 0) is 42.3 Å². The summed E-state index contributed by atoms with van der Waals surface area (Å²) < 4.78 is 25.0. The number of carbonyl (C=O) groups is 1. The highest BCUT2D eigenvalue weighted by atomic mass is 32.2. The monoisotopic (exact) mass is 428 g/mol. The maximum Gasteiger partial charge on any atom is 0.206 e. The molecule has 3 aromatic carbocycles. The molecule has 0 radical (unpaired) electrons. The van der Waals surface area contributed by atoms with Crippen LogP contribution >= 0.6 is 0 Å². The van der Waals surface area contributed by atoms with Crippen LogP contribution in [0.1, 0.15) is 48.5 Å². The highest BCUT2D eigenvalue weighted by Gasteiger charge is 2.16. The minimum Gasteiger partial charge on any atom is -0.304 e. The summed E-state index contributed by atoms with van der Waals surface area (Å²) in [6.45, 7) is 13.4. The molecule has 0 heterocycles. The highest BCUT2D eigenvalue weighted by Crippen LogP contribution is 2.24. The third kappa shape index (κ3) is 9.66. The summed E-state index contributed by atoms with van der Waals surface area (Å²) in [5.74, 6) is 0. The van der Waals surface area contributed by atoms with Crippen LogP contribution in [-0.2, 0) is 14.6 Å². The van der Waals surface area contributed by atoms with E-state index < -0.39 is 9.84 Å². The Bertz CT molecular complexity index is 871. The summed E-state index contributed by atoms with van der Waals surface area (Å²) in [5, 5.41) is 0. The van der Waals surface area contributed by atoms with E-state index in [9.17, 15) is 8.42 Å². The molecule has 0 spiro atoms. The van der Waals surface area contributed by atoms with Crippen molar-refractivity contribution in [2.24, 2.45) is 0 Å². The number of benzene rings is 3. The molecule has 3 rings (SSSR count). The Morgan fingerprint density at radius 2 is 0.833 bits per heavy atom. The third-order valence-corrected chi connectivity index (χ3v) is 5.11. The smallest absolute Gasteiger partial charge is 0.206 e. The van der Waals surface area contributed by atoms with Gasteiger partial charge in [-0.3, -0.25) is 0 Å². The second-order valence-corrected chi connectivity index (χ2v) is 6.89. The van der Waals surface area contributed by atoms with Crippen LogP contribution in [0.2, 0.25) is 0 Å². The minimum absolute atomic E-state index is 0.313. The summed E-state index contributed by atoms with van der Waals surface area (Å²) in [6.07, 6.45) is 0.750. The van der Waals surface area contributed by atoms with Gasteiger partial charge in [-0.1, -0.05) is 102 Å². The predicted octanol–water partition coefficient (Wildman–Crippen LogP) is 7.47. The average molecular weight is 429 g/mol. The molecule has 0 aliphatic rings. The molecule has 3 aromatic rings. The molecule has 0 aliphatic carbocycles. The van der Waals surface area contributed by atoms with E-state index in [1.54, 1.807) is 42.5 Å². The van der Waals surface area contributed by atoms with Crippen molar-refractivity contribution in [3.05, 3.63) is 84.9 Å². The number of carbonyl (C=O) groups excluding carboxylic acids is 1. The molecule has 0 amide bonds. The van der Waals surface area contributed by atoms with Gasteiger partial charge in [0.25, 0.3) is 0 Å². The average Bonchev–Trinajstić information content (AvgIpc) is 2.85. The molecule has 0 N–H and O–H groups in total. The number of sulfone groups is 1. The standard InChI is InChI=1S/C18H14O2S.C2H4O.3C2H6/c19-21(20,17-9-5-2-6-10-17)18-13-11-16(12-14-18)15-7-3-1-4-8-15;1-2-3;3*1-2/h1-14H;2H,1H3;3*1-2H3. The minimum atomic E-state index is -3.44. The first-order valence-electron chi connectivity index (χ1n) is 10.4. The summed E-state index contributed by atoms with van der Waals surface area (Å²) in [7, 11) is -3.44. The van der Waals surface area contributed by atoms with Crippen molar-refractivity contribution < 1.29 is 13.2 Å². The molecule has 0 aromatic heterocycles. The Morgan fingerprint density at radius 1 is 0.533 bits per heavy atom. The molecule has 4 heteroatoms. The van der Waals surface area contributed by atoms with E-state index >= 15 is 0 Å². The molecule has 0 unspecified atom stereocenters. The van der Waals surface area contributed by atoms with Crippen molar-refractivity contribution in [2.75, 3.05) is 0 Å². The van der Waals surface area contributed by atoms with Crippen molar-refractivity contribution in [1.29, 1.82) is 0 Å². The zero-order valence-corrected chi connectivity index (χ0v) is 20.1. The van der Waals surface area contributed by atoms with Gasteiger partial charge in [0.15, 0.2) is 0 Å². The van der Waals surface area contributed by atoms with E-state index in [-0.39, 0.29) is 0 Å². The van der Waals surface area contributed by atoms with Crippen LogP contribution in [0, 0.1) is 0 Å². The van der Waals surface area contributed by atoms with Gasteiger partial charge in [0.1, 0.15) is 6.29 Å². The fourth-order valence-electron chi connectivity index (χ4n) is 2.19. The van der Waals surface area contributed by atoms with Gasteiger partial charge in [-0.15, -0.1) is 0 Å². The molecular weight excluding hydrogens is 392 g/mol. The first-order chi connectivity index (χ1) is 14.6. The Kier molecular flexibility index (Phi) is 18.0. The topological polar surface area (TPSA) is 51.2 Å². The van der Waals surface area contributed by atoms with Crippen LogP contribution in [-0.4, -0.2) is 14.7 Å². The van der Waals surface area contributed by atoms with Crippen molar-refractivity contribution in [3.63, 3.8) is 0 Å². The maximum absolute atomic E-state index is 12.5. The Hall–Kier alpha value is -2.72. The molecule has 0 atom stereocenters. The highest BCUT2D eigenvalue weighted by molar-refractivity contribution is 7.91. The van der Waals surface area contributed by atoms with Gasteiger partial charge >= 0.3 is 0 Å².